The molecule has 1 aliphatic heterocycles. The van der Waals surface area contributed by atoms with Gasteiger partial charge in [-0.15, -0.1) is 0 Å². The molecule has 162 valence electrons. The van der Waals surface area contributed by atoms with E-state index in [0.717, 1.165) is 29.0 Å². The van der Waals surface area contributed by atoms with Gasteiger partial charge in [0.2, 0.25) is 0 Å². The second kappa shape index (κ2) is 7.04. The summed E-state index contributed by atoms with van der Waals surface area (Å²) in [6, 6.07) is 13.6. The Hall–Kier alpha value is -2.44. The van der Waals surface area contributed by atoms with Crippen LogP contribution >= 0.6 is 11.3 Å². The standard InChI is InChI=1S/C25H31N5S/c1-24(2)13-19(14-25(3,4)28-24)30(6)23-26-21-10-8-17(12-22(21)31-23)16-7-9-20-18(11-16)15-29(5)27-20/h7-12,15,19,28H,13-14H2,1-6H3. The van der Waals surface area contributed by atoms with E-state index >= 15 is 0 Å². The van der Waals surface area contributed by atoms with Crippen molar-refractivity contribution < 1.29 is 0 Å². The number of fused-ring (bicyclic) bond motifs is 2. The van der Waals surface area contributed by atoms with Crippen LogP contribution in [0.1, 0.15) is 40.5 Å². The summed E-state index contributed by atoms with van der Waals surface area (Å²) in [4.78, 5) is 7.38. The number of nitrogens with one attached hydrogen (secondary N) is 1. The fourth-order valence-corrected chi connectivity index (χ4v) is 6.31. The lowest BCUT2D eigenvalue weighted by Gasteiger charge is -2.48. The maximum absolute atomic E-state index is 4.98. The number of nitrogens with zero attached hydrogens (tertiary/aromatic N) is 4. The van der Waals surface area contributed by atoms with Crippen molar-refractivity contribution in [1.29, 1.82) is 0 Å². The second-order valence-electron chi connectivity index (χ2n) is 10.3. The van der Waals surface area contributed by atoms with Gasteiger partial charge in [-0.1, -0.05) is 23.5 Å². The maximum atomic E-state index is 4.98. The van der Waals surface area contributed by atoms with E-state index in [1.165, 1.54) is 21.2 Å². The molecule has 6 heteroatoms. The van der Waals surface area contributed by atoms with Gasteiger partial charge in [0.1, 0.15) is 0 Å². The SMILES string of the molecule is CN(c1nc2ccc(-c3ccc4nn(C)cc4c3)cc2s1)C1CC(C)(C)NC(C)(C)C1. The van der Waals surface area contributed by atoms with Crippen molar-refractivity contribution in [1.82, 2.24) is 20.1 Å². The number of aryl methyl sites for hydroxylation is 1. The highest BCUT2D eigenvalue weighted by Gasteiger charge is 2.39. The quantitative estimate of drug-likeness (QED) is 0.457. The maximum Gasteiger partial charge on any atom is 0.186 e. The smallest absolute Gasteiger partial charge is 0.186 e. The van der Waals surface area contributed by atoms with Crippen molar-refractivity contribution >= 4 is 37.6 Å². The van der Waals surface area contributed by atoms with Crippen LogP contribution in [0, 0.1) is 0 Å². The number of hydrogen-bond acceptors (Lipinski definition) is 5. The fraction of sp³-hybridized carbons (Fsp3) is 0.440. The van der Waals surface area contributed by atoms with Gasteiger partial charge in [0.25, 0.3) is 0 Å². The Kier molecular flexibility index (Phi) is 4.65. The van der Waals surface area contributed by atoms with E-state index < -0.39 is 0 Å². The summed E-state index contributed by atoms with van der Waals surface area (Å²) in [5.41, 5.74) is 4.78. The average molecular weight is 434 g/mol. The summed E-state index contributed by atoms with van der Waals surface area (Å²) in [6.45, 7) is 9.22. The van der Waals surface area contributed by atoms with Crippen LogP contribution in [-0.4, -0.2) is 38.9 Å². The number of hydrogen-bond donors (Lipinski definition) is 1. The van der Waals surface area contributed by atoms with Crippen molar-refractivity contribution in [3.8, 4) is 11.1 Å². The third kappa shape index (κ3) is 3.94. The number of benzene rings is 2. The van der Waals surface area contributed by atoms with Crippen LogP contribution in [0.15, 0.2) is 42.6 Å². The molecular weight excluding hydrogens is 402 g/mol. The zero-order valence-electron chi connectivity index (χ0n) is 19.2. The summed E-state index contributed by atoms with van der Waals surface area (Å²) in [7, 11) is 4.17. The molecule has 0 unspecified atom stereocenters. The van der Waals surface area contributed by atoms with E-state index in [1.54, 1.807) is 11.3 Å². The lowest BCUT2D eigenvalue weighted by molar-refractivity contribution is 0.161. The van der Waals surface area contributed by atoms with Gasteiger partial charge in [-0.3, -0.25) is 4.68 Å². The number of anilines is 1. The van der Waals surface area contributed by atoms with E-state index in [9.17, 15) is 0 Å². The molecule has 0 amide bonds. The molecule has 1 aliphatic rings. The molecule has 2 aromatic heterocycles. The molecule has 5 nitrogen and oxygen atoms in total. The summed E-state index contributed by atoms with van der Waals surface area (Å²) in [5.74, 6) is 0. The summed E-state index contributed by atoms with van der Waals surface area (Å²) < 4.78 is 3.10. The van der Waals surface area contributed by atoms with Crippen LogP contribution in [0.5, 0.6) is 0 Å². The highest BCUT2D eigenvalue weighted by atomic mass is 32.1. The molecule has 0 saturated carbocycles. The molecule has 31 heavy (non-hydrogen) atoms. The molecule has 1 saturated heterocycles. The number of piperidine rings is 1. The van der Waals surface area contributed by atoms with Gasteiger partial charge in [0.15, 0.2) is 5.13 Å². The number of rotatable bonds is 3. The fourth-order valence-electron chi connectivity index (χ4n) is 5.27. The van der Waals surface area contributed by atoms with Gasteiger partial charge in [-0.25, -0.2) is 4.98 Å². The van der Waals surface area contributed by atoms with E-state index in [4.69, 9.17) is 4.98 Å². The number of thiazole rings is 1. The summed E-state index contributed by atoms with van der Waals surface area (Å²) >= 11 is 1.79. The first-order valence-electron chi connectivity index (χ1n) is 11.0. The van der Waals surface area contributed by atoms with Crippen LogP contribution in [0.2, 0.25) is 0 Å². The minimum atomic E-state index is 0.121. The normalized spacial score (nSPS) is 18.6. The topological polar surface area (TPSA) is 46.0 Å². The van der Waals surface area contributed by atoms with Crippen molar-refractivity contribution in [2.45, 2.75) is 57.7 Å². The molecule has 2 aromatic carbocycles. The molecular formula is C25H31N5S. The Morgan fingerprint density at radius 3 is 2.35 bits per heavy atom. The number of aromatic nitrogens is 3. The van der Waals surface area contributed by atoms with Gasteiger partial charge in [-0.05, 0) is 75.9 Å². The van der Waals surface area contributed by atoms with Crippen molar-refractivity contribution in [2.24, 2.45) is 7.05 Å². The van der Waals surface area contributed by atoms with Crippen LogP contribution in [0.3, 0.4) is 0 Å². The first kappa shape index (κ1) is 20.5. The molecule has 0 radical (unpaired) electrons. The monoisotopic (exact) mass is 433 g/mol. The highest BCUT2D eigenvalue weighted by Crippen LogP contribution is 2.37. The average Bonchev–Trinajstić information content (AvgIpc) is 3.25. The predicted octanol–water partition coefficient (Wildman–Crippen LogP) is 5.60. The zero-order valence-corrected chi connectivity index (χ0v) is 20.0. The van der Waals surface area contributed by atoms with Crippen LogP contribution in [0.4, 0.5) is 5.13 Å². The molecule has 0 atom stereocenters. The van der Waals surface area contributed by atoms with Gasteiger partial charge >= 0.3 is 0 Å². The summed E-state index contributed by atoms with van der Waals surface area (Å²) in [6.07, 6.45) is 4.29. The second-order valence-corrected chi connectivity index (χ2v) is 11.3. The molecule has 3 heterocycles. The van der Waals surface area contributed by atoms with Gasteiger partial charge < -0.3 is 10.2 Å². The van der Waals surface area contributed by atoms with Crippen LogP contribution < -0.4 is 10.2 Å². The first-order valence-corrected chi connectivity index (χ1v) is 11.8. The molecule has 0 aliphatic carbocycles. The molecule has 4 aromatic rings. The van der Waals surface area contributed by atoms with Crippen molar-refractivity contribution in [3.63, 3.8) is 0 Å². The van der Waals surface area contributed by atoms with Gasteiger partial charge in [-0.2, -0.15) is 5.10 Å². The molecule has 0 bridgehead atoms. The lowest BCUT2D eigenvalue weighted by Crippen LogP contribution is -2.61. The zero-order chi connectivity index (χ0) is 22.0. The Morgan fingerprint density at radius 1 is 1.00 bits per heavy atom. The van der Waals surface area contributed by atoms with Crippen molar-refractivity contribution in [2.75, 3.05) is 11.9 Å². The van der Waals surface area contributed by atoms with Crippen molar-refractivity contribution in [3.05, 3.63) is 42.6 Å². The third-order valence-corrected chi connectivity index (χ3v) is 7.46. The lowest BCUT2D eigenvalue weighted by atomic mass is 9.79. The Bertz CT molecular complexity index is 1250. The van der Waals surface area contributed by atoms with Crippen LogP contribution in [-0.2, 0) is 7.05 Å². The van der Waals surface area contributed by atoms with Gasteiger partial charge in [0, 0.05) is 42.8 Å². The highest BCUT2D eigenvalue weighted by molar-refractivity contribution is 7.22. The van der Waals surface area contributed by atoms with E-state index in [-0.39, 0.29) is 11.1 Å². The predicted molar refractivity (Wildman–Crippen MR) is 132 cm³/mol. The summed E-state index contributed by atoms with van der Waals surface area (Å²) in [5, 5.41) is 10.5. The largest absolute Gasteiger partial charge is 0.348 e. The Balaban J connectivity index is 1.46. The molecule has 5 rings (SSSR count). The molecule has 1 N–H and O–H groups in total. The van der Waals surface area contributed by atoms with E-state index in [2.05, 4.69) is 92.7 Å². The van der Waals surface area contributed by atoms with Gasteiger partial charge in [0.05, 0.1) is 15.7 Å². The van der Waals surface area contributed by atoms with E-state index in [1.807, 2.05) is 11.7 Å². The third-order valence-electron chi connectivity index (χ3n) is 6.35. The molecule has 0 spiro atoms. The first-order chi connectivity index (χ1) is 14.6. The Labute approximate surface area is 188 Å². The minimum Gasteiger partial charge on any atom is -0.348 e. The van der Waals surface area contributed by atoms with Crippen LogP contribution in [0.25, 0.3) is 32.2 Å². The molecule has 1 fully saturated rings. The Morgan fingerprint density at radius 2 is 1.65 bits per heavy atom. The minimum absolute atomic E-state index is 0.121. The van der Waals surface area contributed by atoms with E-state index in [0.29, 0.717) is 6.04 Å².